The lowest BCUT2D eigenvalue weighted by Gasteiger charge is -2.25. The fourth-order valence-electron chi connectivity index (χ4n) is 2.35. The summed E-state index contributed by atoms with van der Waals surface area (Å²) in [5.74, 6) is 0.788. The third-order valence-electron chi connectivity index (χ3n) is 3.28. The molecule has 0 saturated carbocycles. The van der Waals surface area contributed by atoms with Gasteiger partial charge in [-0.1, -0.05) is 33.3 Å². The summed E-state index contributed by atoms with van der Waals surface area (Å²) in [5, 5.41) is 3.38. The Hall–Kier alpha value is -1.09. The van der Waals surface area contributed by atoms with Crippen molar-refractivity contribution in [1.29, 1.82) is 0 Å². The Balaban J connectivity index is 2.97. The maximum absolute atomic E-state index is 14.1. The van der Waals surface area contributed by atoms with Crippen LogP contribution >= 0.6 is 0 Å². The molecule has 0 aliphatic carbocycles. The van der Waals surface area contributed by atoms with Gasteiger partial charge >= 0.3 is 0 Å². The van der Waals surface area contributed by atoms with Crippen LogP contribution in [0, 0.1) is 11.7 Å². The molecular formula is C15H24FNO. The molecule has 1 aromatic carbocycles. The van der Waals surface area contributed by atoms with Crippen LogP contribution in [0.25, 0.3) is 0 Å². The smallest absolute Gasteiger partial charge is 0.131 e. The van der Waals surface area contributed by atoms with Crippen LogP contribution < -0.4 is 10.1 Å². The lowest BCUT2D eigenvalue weighted by atomic mass is 9.90. The van der Waals surface area contributed by atoms with Crippen LogP contribution in [0.1, 0.15) is 45.2 Å². The van der Waals surface area contributed by atoms with Gasteiger partial charge in [0.15, 0.2) is 0 Å². The second kappa shape index (κ2) is 7.37. The van der Waals surface area contributed by atoms with Gasteiger partial charge in [0.2, 0.25) is 0 Å². The Morgan fingerprint density at radius 1 is 1.33 bits per heavy atom. The summed E-state index contributed by atoms with van der Waals surface area (Å²) < 4.78 is 19.1. The van der Waals surface area contributed by atoms with Crippen LogP contribution in [0.5, 0.6) is 5.75 Å². The predicted molar refractivity (Wildman–Crippen MR) is 73.4 cm³/mol. The summed E-state index contributed by atoms with van der Waals surface area (Å²) in [6.07, 6.45) is 2.20. The second-order valence-electron chi connectivity index (χ2n) is 4.69. The van der Waals surface area contributed by atoms with Crippen molar-refractivity contribution < 1.29 is 9.13 Å². The Labute approximate surface area is 110 Å². The van der Waals surface area contributed by atoms with Gasteiger partial charge in [-0.15, -0.1) is 0 Å². The predicted octanol–water partition coefficient (Wildman–Crippen LogP) is 3.92. The number of halogens is 1. The van der Waals surface area contributed by atoms with Gasteiger partial charge in [0.25, 0.3) is 0 Å². The Morgan fingerprint density at radius 2 is 2.06 bits per heavy atom. The van der Waals surface area contributed by atoms with Crippen molar-refractivity contribution in [2.75, 3.05) is 13.7 Å². The molecule has 0 heterocycles. The number of methoxy groups -OCH3 is 1. The van der Waals surface area contributed by atoms with Crippen molar-refractivity contribution in [3.8, 4) is 5.75 Å². The highest BCUT2D eigenvalue weighted by Crippen LogP contribution is 2.29. The van der Waals surface area contributed by atoms with E-state index in [1.807, 2.05) is 19.1 Å². The zero-order valence-electron chi connectivity index (χ0n) is 11.8. The van der Waals surface area contributed by atoms with E-state index in [9.17, 15) is 4.39 Å². The first-order valence-corrected chi connectivity index (χ1v) is 6.70. The van der Waals surface area contributed by atoms with Crippen LogP contribution in [-0.4, -0.2) is 13.7 Å². The normalized spacial score (nSPS) is 14.3. The molecule has 1 rings (SSSR count). The maximum atomic E-state index is 14.1. The topological polar surface area (TPSA) is 21.3 Å². The van der Waals surface area contributed by atoms with Crippen LogP contribution in [0.3, 0.4) is 0 Å². The van der Waals surface area contributed by atoms with Crippen molar-refractivity contribution >= 4 is 0 Å². The Bertz CT molecular complexity index is 368. The van der Waals surface area contributed by atoms with Gasteiger partial charge < -0.3 is 10.1 Å². The molecule has 2 unspecified atom stereocenters. The standard InChI is InChI=1S/C15H24FNO/c1-5-7-11(3)15(17-6-2)13-9-8-12(18-4)10-14(13)16/h8-11,15,17H,5-7H2,1-4H3. The summed E-state index contributed by atoms with van der Waals surface area (Å²) in [7, 11) is 1.55. The summed E-state index contributed by atoms with van der Waals surface area (Å²) in [6.45, 7) is 7.21. The highest BCUT2D eigenvalue weighted by Gasteiger charge is 2.21. The van der Waals surface area contributed by atoms with E-state index in [4.69, 9.17) is 4.74 Å². The number of nitrogens with one attached hydrogen (secondary N) is 1. The van der Waals surface area contributed by atoms with E-state index in [-0.39, 0.29) is 11.9 Å². The maximum Gasteiger partial charge on any atom is 0.131 e. The highest BCUT2D eigenvalue weighted by atomic mass is 19.1. The minimum atomic E-state index is -0.191. The van der Waals surface area contributed by atoms with Crippen molar-refractivity contribution in [3.05, 3.63) is 29.6 Å². The first kappa shape index (κ1) is 15.0. The lowest BCUT2D eigenvalue weighted by molar-refractivity contribution is 0.356. The molecule has 3 heteroatoms. The molecule has 1 N–H and O–H groups in total. The quantitative estimate of drug-likeness (QED) is 0.795. The van der Waals surface area contributed by atoms with E-state index >= 15 is 0 Å². The monoisotopic (exact) mass is 253 g/mol. The number of hydrogen-bond donors (Lipinski definition) is 1. The molecule has 2 atom stereocenters. The summed E-state index contributed by atoms with van der Waals surface area (Å²) in [6, 6.07) is 5.17. The number of ether oxygens (including phenoxy) is 1. The van der Waals surface area contributed by atoms with Crippen LogP contribution in [0.15, 0.2) is 18.2 Å². The van der Waals surface area contributed by atoms with Gasteiger partial charge in [-0.25, -0.2) is 4.39 Å². The SMILES string of the molecule is CCCC(C)C(NCC)c1ccc(OC)cc1F. The lowest BCUT2D eigenvalue weighted by Crippen LogP contribution is -2.27. The molecule has 0 fully saturated rings. The third kappa shape index (κ3) is 3.70. The first-order chi connectivity index (χ1) is 8.63. The molecule has 0 radical (unpaired) electrons. The molecule has 0 aromatic heterocycles. The molecule has 102 valence electrons. The molecule has 0 aliphatic rings. The summed E-state index contributed by atoms with van der Waals surface area (Å²) in [5.41, 5.74) is 0.735. The second-order valence-corrected chi connectivity index (χ2v) is 4.69. The van der Waals surface area contributed by atoms with Crippen molar-refractivity contribution in [3.63, 3.8) is 0 Å². The van der Waals surface area contributed by atoms with Gasteiger partial charge in [0, 0.05) is 17.7 Å². The minimum absolute atomic E-state index is 0.0702. The van der Waals surface area contributed by atoms with Gasteiger partial charge in [0.1, 0.15) is 11.6 Å². The van der Waals surface area contributed by atoms with Gasteiger partial charge in [-0.3, -0.25) is 0 Å². The molecular weight excluding hydrogens is 229 g/mol. The molecule has 0 bridgehead atoms. The fourth-order valence-corrected chi connectivity index (χ4v) is 2.35. The van der Waals surface area contributed by atoms with Gasteiger partial charge in [-0.2, -0.15) is 0 Å². The third-order valence-corrected chi connectivity index (χ3v) is 3.28. The van der Waals surface area contributed by atoms with E-state index < -0.39 is 0 Å². The molecule has 18 heavy (non-hydrogen) atoms. The largest absolute Gasteiger partial charge is 0.497 e. The fraction of sp³-hybridized carbons (Fsp3) is 0.600. The molecule has 0 saturated heterocycles. The average Bonchev–Trinajstić information content (AvgIpc) is 2.36. The molecule has 0 aliphatic heterocycles. The number of benzene rings is 1. The Morgan fingerprint density at radius 3 is 2.56 bits per heavy atom. The van der Waals surface area contributed by atoms with E-state index in [1.54, 1.807) is 7.11 Å². The van der Waals surface area contributed by atoms with Crippen LogP contribution in [0.2, 0.25) is 0 Å². The number of rotatable bonds is 7. The molecule has 0 amide bonds. The van der Waals surface area contributed by atoms with Gasteiger partial charge in [-0.05, 0) is 24.9 Å². The zero-order valence-corrected chi connectivity index (χ0v) is 11.8. The molecule has 2 nitrogen and oxygen atoms in total. The minimum Gasteiger partial charge on any atom is -0.497 e. The highest BCUT2D eigenvalue weighted by molar-refractivity contribution is 5.31. The molecule has 0 spiro atoms. The van der Waals surface area contributed by atoms with Crippen LogP contribution in [-0.2, 0) is 0 Å². The van der Waals surface area contributed by atoms with E-state index in [0.29, 0.717) is 11.7 Å². The van der Waals surface area contributed by atoms with E-state index in [1.165, 1.54) is 6.07 Å². The Kier molecular flexibility index (Phi) is 6.13. The molecule has 1 aromatic rings. The summed E-state index contributed by atoms with van der Waals surface area (Å²) in [4.78, 5) is 0. The van der Waals surface area contributed by atoms with E-state index in [0.717, 1.165) is 24.9 Å². The van der Waals surface area contributed by atoms with Crippen molar-refractivity contribution in [2.45, 2.75) is 39.7 Å². The van der Waals surface area contributed by atoms with Crippen molar-refractivity contribution in [1.82, 2.24) is 5.32 Å². The van der Waals surface area contributed by atoms with Crippen LogP contribution in [0.4, 0.5) is 4.39 Å². The number of hydrogen-bond acceptors (Lipinski definition) is 2. The van der Waals surface area contributed by atoms with Gasteiger partial charge in [0.05, 0.1) is 7.11 Å². The summed E-state index contributed by atoms with van der Waals surface area (Å²) >= 11 is 0. The van der Waals surface area contributed by atoms with Crippen molar-refractivity contribution in [2.24, 2.45) is 5.92 Å². The average molecular weight is 253 g/mol. The zero-order chi connectivity index (χ0) is 13.5. The first-order valence-electron chi connectivity index (χ1n) is 6.70. The van der Waals surface area contributed by atoms with E-state index in [2.05, 4.69) is 19.2 Å².